The molecule has 0 aromatic heterocycles. The SMILES string of the molecule is NCCCCC1(C(=O)O)CN(Cc2ccc(-c3ccccc3F)cc2)CCP1(=O)O. The number of benzene rings is 2. The van der Waals surface area contributed by atoms with Crippen LogP contribution < -0.4 is 5.73 Å². The standard InChI is InChI=1S/C22H28FN2O4P/c23-20-6-2-1-5-19(20)18-9-7-17(8-10-18)15-25-13-14-30(28,29)22(16-25,21(26)27)11-3-4-12-24/h1-2,5-10H,3-4,11-16,24H2,(H,26,27)(H,28,29). The van der Waals surface area contributed by atoms with Crippen LogP contribution >= 0.6 is 7.37 Å². The predicted octanol–water partition coefficient (Wildman–Crippen LogP) is 3.53. The molecule has 30 heavy (non-hydrogen) atoms. The van der Waals surface area contributed by atoms with Crippen LogP contribution in [0.2, 0.25) is 0 Å². The van der Waals surface area contributed by atoms with E-state index in [4.69, 9.17) is 5.73 Å². The summed E-state index contributed by atoms with van der Waals surface area (Å²) in [6.07, 6.45) is 1.20. The lowest BCUT2D eigenvalue weighted by Crippen LogP contribution is -2.53. The Morgan fingerprint density at radius 1 is 1.17 bits per heavy atom. The summed E-state index contributed by atoms with van der Waals surface area (Å²) in [6.45, 7) is 1.26. The zero-order valence-corrected chi connectivity index (χ0v) is 17.7. The number of carbonyl (C=O) groups is 1. The Hall–Kier alpha value is -2.05. The Labute approximate surface area is 176 Å². The van der Waals surface area contributed by atoms with Crippen molar-refractivity contribution < 1.29 is 23.7 Å². The molecule has 0 bridgehead atoms. The molecule has 1 fully saturated rings. The van der Waals surface area contributed by atoms with Gasteiger partial charge in [-0.2, -0.15) is 0 Å². The molecule has 1 aliphatic rings. The van der Waals surface area contributed by atoms with Crippen LogP contribution in [-0.2, 0) is 15.9 Å². The molecular weight excluding hydrogens is 406 g/mol. The Bertz CT molecular complexity index is 937. The molecule has 0 radical (unpaired) electrons. The molecule has 6 nitrogen and oxygen atoms in total. The molecular formula is C22H28FN2O4P. The number of unbranched alkanes of at least 4 members (excludes halogenated alkanes) is 1. The molecule has 0 spiro atoms. The van der Waals surface area contributed by atoms with Gasteiger partial charge in [-0.15, -0.1) is 0 Å². The van der Waals surface area contributed by atoms with Gasteiger partial charge < -0.3 is 15.7 Å². The van der Waals surface area contributed by atoms with Gasteiger partial charge in [0, 0.05) is 31.4 Å². The Kier molecular flexibility index (Phi) is 7.09. The van der Waals surface area contributed by atoms with Crippen molar-refractivity contribution in [3.05, 3.63) is 59.9 Å². The van der Waals surface area contributed by atoms with E-state index in [1.165, 1.54) is 6.07 Å². The number of carboxylic acids is 1. The molecule has 3 rings (SSSR count). The summed E-state index contributed by atoms with van der Waals surface area (Å²) in [7, 11) is -3.84. The molecule has 1 saturated heterocycles. The van der Waals surface area contributed by atoms with E-state index in [9.17, 15) is 23.7 Å². The largest absolute Gasteiger partial charge is 0.480 e. The smallest absolute Gasteiger partial charge is 0.320 e. The van der Waals surface area contributed by atoms with Crippen molar-refractivity contribution in [2.45, 2.75) is 31.0 Å². The summed E-state index contributed by atoms with van der Waals surface area (Å²) in [5.41, 5.74) is 7.73. The maximum atomic E-state index is 14.0. The molecule has 0 saturated carbocycles. The van der Waals surface area contributed by atoms with E-state index in [0.717, 1.165) is 11.1 Å². The van der Waals surface area contributed by atoms with E-state index in [2.05, 4.69) is 0 Å². The quantitative estimate of drug-likeness (QED) is 0.434. The van der Waals surface area contributed by atoms with Crippen molar-refractivity contribution in [3.63, 3.8) is 0 Å². The molecule has 162 valence electrons. The van der Waals surface area contributed by atoms with Gasteiger partial charge in [0.25, 0.3) is 0 Å². The zero-order valence-electron chi connectivity index (χ0n) is 16.8. The summed E-state index contributed by atoms with van der Waals surface area (Å²) in [5, 5.41) is 8.21. The highest BCUT2D eigenvalue weighted by Gasteiger charge is 2.56. The number of carboxylic acid groups (broad SMARTS) is 1. The minimum Gasteiger partial charge on any atom is -0.480 e. The Balaban J connectivity index is 1.76. The highest BCUT2D eigenvalue weighted by molar-refractivity contribution is 7.61. The van der Waals surface area contributed by atoms with Gasteiger partial charge >= 0.3 is 5.97 Å². The van der Waals surface area contributed by atoms with Crippen molar-refractivity contribution in [3.8, 4) is 11.1 Å². The summed E-state index contributed by atoms with van der Waals surface area (Å²) in [5.74, 6) is -1.51. The second-order valence-electron chi connectivity index (χ2n) is 7.90. The lowest BCUT2D eigenvalue weighted by molar-refractivity contribution is -0.141. The van der Waals surface area contributed by atoms with Crippen LogP contribution in [0.25, 0.3) is 11.1 Å². The van der Waals surface area contributed by atoms with Gasteiger partial charge in [0.2, 0.25) is 7.37 Å². The second-order valence-corrected chi connectivity index (χ2v) is 10.6. The van der Waals surface area contributed by atoms with Crippen LogP contribution in [0, 0.1) is 5.82 Å². The summed E-state index contributed by atoms with van der Waals surface area (Å²) in [4.78, 5) is 24.5. The first-order valence-electron chi connectivity index (χ1n) is 10.1. The van der Waals surface area contributed by atoms with Crippen molar-refractivity contribution in [1.29, 1.82) is 0 Å². The Morgan fingerprint density at radius 3 is 2.50 bits per heavy atom. The number of nitrogens with zero attached hydrogens (tertiary/aromatic N) is 1. The fraction of sp³-hybridized carbons (Fsp3) is 0.409. The van der Waals surface area contributed by atoms with Gasteiger partial charge in [-0.05, 0) is 36.6 Å². The van der Waals surface area contributed by atoms with E-state index >= 15 is 0 Å². The maximum absolute atomic E-state index is 14.0. The highest BCUT2D eigenvalue weighted by Crippen LogP contribution is 2.59. The fourth-order valence-corrected chi connectivity index (χ4v) is 6.28. The topological polar surface area (TPSA) is 104 Å². The number of rotatable bonds is 8. The van der Waals surface area contributed by atoms with Gasteiger partial charge in [-0.3, -0.25) is 14.3 Å². The monoisotopic (exact) mass is 434 g/mol. The van der Waals surface area contributed by atoms with E-state index in [-0.39, 0.29) is 24.9 Å². The fourth-order valence-electron chi connectivity index (χ4n) is 4.07. The number of hydrogen-bond donors (Lipinski definition) is 3. The van der Waals surface area contributed by atoms with Gasteiger partial charge in [-0.1, -0.05) is 48.9 Å². The molecule has 8 heteroatoms. The van der Waals surface area contributed by atoms with Crippen LogP contribution in [0.4, 0.5) is 4.39 Å². The van der Waals surface area contributed by atoms with Crippen molar-refractivity contribution in [2.75, 3.05) is 25.8 Å². The summed E-state index contributed by atoms with van der Waals surface area (Å²) >= 11 is 0. The first kappa shape index (κ1) is 22.6. The molecule has 2 atom stereocenters. The van der Waals surface area contributed by atoms with E-state index in [1.54, 1.807) is 18.2 Å². The molecule has 1 aliphatic heterocycles. The molecule has 0 amide bonds. The molecule has 4 N–H and O–H groups in total. The van der Waals surface area contributed by atoms with Gasteiger partial charge in [0.15, 0.2) is 5.16 Å². The third-order valence-electron chi connectivity index (χ3n) is 5.86. The van der Waals surface area contributed by atoms with Crippen LogP contribution in [0.5, 0.6) is 0 Å². The van der Waals surface area contributed by atoms with Crippen LogP contribution in [0.3, 0.4) is 0 Å². The number of aliphatic carboxylic acids is 1. The molecule has 2 aromatic carbocycles. The lowest BCUT2D eigenvalue weighted by atomic mass is 9.99. The molecule has 1 heterocycles. The van der Waals surface area contributed by atoms with Crippen LogP contribution in [0.15, 0.2) is 48.5 Å². The first-order chi connectivity index (χ1) is 14.3. The van der Waals surface area contributed by atoms with Gasteiger partial charge in [0.05, 0.1) is 0 Å². The zero-order chi connectivity index (χ0) is 21.8. The van der Waals surface area contributed by atoms with Crippen LogP contribution in [-0.4, -0.2) is 51.8 Å². The summed E-state index contributed by atoms with van der Waals surface area (Å²) in [6, 6.07) is 14.0. The number of halogens is 1. The summed E-state index contributed by atoms with van der Waals surface area (Å²) < 4.78 is 26.8. The third kappa shape index (κ3) is 4.65. The van der Waals surface area contributed by atoms with Gasteiger partial charge in [0.1, 0.15) is 5.82 Å². The predicted molar refractivity (Wildman–Crippen MR) is 115 cm³/mol. The molecule has 0 aliphatic carbocycles. The van der Waals surface area contributed by atoms with E-state index < -0.39 is 18.5 Å². The first-order valence-corrected chi connectivity index (χ1v) is 12.0. The third-order valence-corrected chi connectivity index (χ3v) is 8.56. The average Bonchev–Trinajstić information content (AvgIpc) is 2.71. The van der Waals surface area contributed by atoms with Crippen LogP contribution in [0.1, 0.15) is 24.8 Å². The Morgan fingerprint density at radius 2 is 1.87 bits per heavy atom. The van der Waals surface area contributed by atoms with Crippen molar-refractivity contribution >= 4 is 13.3 Å². The minimum absolute atomic E-state index is 0.0236. The van der Waals surface area contributed by atoms with E-state index in [1.807, 2.05) is 29.2 Å². The molecule has 2 aromatic rings. The highest BCUT2D eigenvalue weighted by atomic mass is 31.2. The normalized spacial score (nSPS) is 24.6. The van der Waals surface area contributed by atoms with Crippen molar-refractivity contribution in [2.24, 2.45) is 5.73 Å². The molecule has 2 unspecified atom stereocenters. The number of nitrogens with two attached hydrogens (primary N) is 1. The minimum atomic E-state index is -3.84. The average molecular weight is 434 g/mol. The number of hydrogen-bond acceptors (Lipinski definition) is 4. The van der Waals surface area contributed by atoms with Crippen molar-refractivity contribution in [1.82, 2.24) is 4.90 Å². The van der Waals surface area contributed by atoms with E-state index in [0.29, 0.717) is 38.0 Å². The maximum Gasteiger partial charge on any atom is 0.320 e. The lowest BCUT2D eigenvalue weighted by Gasteiger charge is -2.43. The van der Waals surface area contributed by atoms with Gasteiger partial charge in [-0.25, -0.2) is 4.39 Å². The second kappa shape index (κ2) is 9.40.